The Morgan fingerprint density at radius 2 is 1.61 bits per heavy atom. The summed E-state index contributed by atoms with van der Waals surface area (Å²) in [6.07, 6.45) is 7.75. The number of carbonyl (C=O) groups excluding carboxylic acids is 2. The van der Waals surface area contributed by atoms with Crippen LogP contribution >= 0.6 is 0 Å². The molecule has 2 aromatic carbocycles. The summed E-state index contributed by atoms with van der Waals surface area (Å²) in [6, 6.07) is 16.7. The van der Waals surface area contributed by atoms with Gasteiger partial charge in [0.1, 0.15) is 18.0 Å². The summed E-state index contributed by atoms with van der Waals surface area (Å²) >= 11 is 0. The van der Waals surface area contributed by atoms with Crippen molar-refractivity contribution in [3.63, 3.8) is 0 Å². The molecular weight excluding hydrogens is 516 g/mol. The predicted octanol–water partition coefficient (Wildman–Crippen LogP) is 3.60. The van der Waals surface area contributed by atoms with Crippen LogP contribution in [0.2, 0.25) is 0 Å². The average molecular weight is 557 g/mol. The molecule has 7 heteroatoms. The van der Waals surface area contributed by atoms with Crippen molar-refractivity contribution in [2.75, 3.05) is 19.7 Å². The molecule has 0 aromatic heterocycles. The predicted molar refractivity (Wildman–Crippen MR) is 154 cm³/mol. The van der Waals surface area contributed by atoms with E-state index >= 15 is 0 Å². The number of nitrogens with one attached hydrogen (secondary N) is 1. The average Bonchev–Trinajstić information content (AvgIpc) is 3.35. The number of aliphatic hydroxyl groups is 2. The number of nitrogens with zero attached hydrogens (tertiary/aromatic N) is 1. The lowest BCUT2D eigenvalue weighted by Gasteiger charge is -2.58. The normalized spacial score (nSPS) is 34.3. The van der Waals surface area contributed by atoms with E-state index < -0.39 is 24.2 Å². The monoisotopic (exact) mass is 556 g/mol. The van der Waals surface area contributed by atoms with Crippen LogP contribution in [0.5, 0.6) is 5.75 Å². The zero-order chi connectivity index (χ0) is 28.1. The van der Waals surface area contributed by atoms with Crippen LogP contribution in [0.1, 0.15) is 55.6 Å². The Morgan fingerprint density at radius 3 is 2.29 bits per heavy atom. The third-order valence-corrected chi connectivity index (χ3v) is 10.4. The lowest BCUT2D eigenvalue weighted by Crippen LogP contribution is -2.60. The van der Waals surface area contributed by atoms with Crippen LogP contribution in [0.4, 0.5) is 0 Å². The molecule has 2 aromatic rings. The first kappa shape index (κ1) is 26.7. The Bertz CT molecular complexity index is 1300. The van der Waals surface area contributed by atoms with Gasteiger partial charge in [-0.3, -0.25) is 9.59 Å². The summed E-state index contributed by atoms with van der Waals surface area (Å²) in [6.45, 7) is 0.559. The number of hydrogen-bond donors (Lipinski definition) is 3. The van der Waals surface area contributed by atoms with E-state index in [1.165, 1.54) is 19.3 Å². The molecule has 6 aliphatic rings. The quantitative estimate of drug-likeness (QED) is 0.462. The van der Waals surface area contributed by atoms with Crippen molar-refractivity contribution in [2.24, 2.45) is 23.2 Å². The van der Waals surface area contributed by atoms with Crippen molar-refractivity contribution in [3.05, 3.63) is 77.4 Å². The van der Waals surface area contributed by atoms with Crippen LogP contribution in [0.15, 0.2) is 66.2 Å². The number of amides is 2. The van der Waals surface area contributed by atoms with Crippen LogP contribution in [-0.4, -0.2) is 64.9 Å². The first-order valence-electron chi connectivity index (χ1n) is 15.3. The van der Waals surface area contributed by atoms with Gasteiger partial charge in [0.15, 0.2) is 0 Å². The number of hydrogen-bond acceptors (Lipinski definition) is 5. The molecule has 216 valence electrons. The van der Waals surface area contributed by atoms with E-state index in [4.69, 9.17) is 4.74 Å². The van der Waals surface area contributed by atoms with Gasteiger partial charge in [0.2, 0.25) is 11.8 Å². The number of aliphatic hydroxyl groups excluding tert-OH is 2. The molecule has 4 atom stereocenters. The Labute approximate surface area is 241 Å². The van der Waals surface area contributed by atoms with Crippen LogP contribution in [-0.2, 0) is 16.0 Å². The standard InChI is InChI=1S/C34H40N2O5/c37-11-10-35-33(40)26-16-27(31(39)32-30(26)25-8-4-5-9-28(25)41-32)36(29(38)15-21-6-2-1-3-7-21)20-34-17-22-12-23(18-34)14-24(13-22)19-34/h1-9,16,22-24,27,30-32,37,39H,10-15,17-20H2,(H,35,40)/t22?,23?,24?,27-,30+,31+,32+,34?/m1/s1. The maximum atomic E-state index is 14.3. The molecule has 1 aliphatic heterocycles. The molecule has 0 saturated heterocycles. The van der Waals surface area contributed by atoms with E-state index in [9.17, 15) is 19.8 Å². The highest BCUT2D eigenvalue weighted by molar-refractivity contribution is 5.96. The fraction of sp³-hybridized carbons (Fsp3) is 0.529. The molecule has 4 fully saturated rings. The molecule has 1 heterocycles. The molecular formula is C34H40N2O5. The lowest BCUT2D eigenvalue weighted by molar-refractivity contribution is -0.144. The van der Waals surface area contributed by atoms with Crippen molar-refractivity contribution in [3.8, 4) is 5.75 Å². The zero-order valence-electron chi connectivity index (χ0n) is 23.5. The minimum atomic E-state index is -0.990. The molecule has 3 N–H and O–H groups in total. The topological polar surface area (TPSA) is 99.1 Å². The summed E-state index contributed by atoms with van der Waals surface area (Å²) in [5, 5.41) is 24.2. The van der Waals surface area contributed by atoms with Gasteiger partial charge in [-0.2, -0.15) is 0 Å². The second-order valence-electron chi connectivity index (χ2n) is 13.3. The van der Waals surface area contributed by atoms with Crippen molar-refractivity contribution in [1.82, 2.24) is 10.2 Å². The fourth-order valence-corrected chi connectivity index (χ4v) is 9.27. The SMILES string of the molecule is O=C(NCCO)C1=C[C@@H](N(CC23CC4CC(CC(C4)C2)C3)C(=O)Cc2ccccc2)[C@H](O)[C@H]2Oc3ccccc3[C@@H]12. The molecule has 0 radical (unpaired) electrons. The van der Waals surface area contributed by atoms with E-state index in [0.717, 1.165) is 48.1 Å². The zero-order valence-corrected chi connectivity index (χ0v) is 23.5. The van der Waals surface area contributed by atoms with Gasteiger partial charge in [-0.1, -0.05) is 48.5 Å². The van der Waals surface area contributed by atoms with Gasteiger partial charge in [-0.25, -0.2) is 0 Å². The van der Waals surface area contributed by atoms with E-state index in [2.05, 4.69) is 5.32 Å². The highest BCUT2D eigenvalue weighted by Gasteiger charge is 2.55. The van der Waals surface area contributed by atoms with Gasteiger partial charge in [0, 0.05) is 24.2 Å². The molecule has 8 rings (SSSR count). The summed E-state index contributed by atoms with van der Waals surface area (Å²) < 4.78 is 6.32. The van der Waals surface area contributed by atoms with Crippen LogP contribution in [0.25, 0.3) is 0 Å². The molecule has 0 spiro atoms. The smallest absolute Gasteiger partial charge is 0.247 e. The van der Waals surface area contributed by atoms with Gasteiger partial charge in [-0.15, -0.1) is 0 Å². The third kappa shape index (κ3) is 4.87. The van der Waals surface area contributed by atoms with Crippen molar-refractivity contribution in [2.45, 2.75) is 69.1 Å². The van der Waals surface area contributed by atoms with Crippen LogP contribution in [0.3, 0.4) is 0 Å². The maximum absolute atomic E-state index is 14.3. The summed E-state index contributed by atoms with van der Waals surface area (Å²) in [5.41, 5.74) is 2.35. The molecule has 2 amide bonds. The summed E-state index contributed by atoms with van der Waals surface area (Å²) in [5.74, 6) is 2.09. The van der Waals surface area contributed by atoms with Gasteiger partial charge in [-0.05, 0) is 79.4 Å². The number of rotatable bonds is 8. The first-order valence-corrected chi connectivity index (χ1v) is 15.3. The van der Waals surface area contributed by atoms with Gasteiger partial charge in [0.25, 0.3) is 0 Å². The van der Waals surface area contributed by atoms with Gasteiger partial charge in [0.05, 0.1) is 25.0 Å². The first-order chi connectivity index (χ1) is 19.9. The number of fused-ring (bicyclic) bond motifs is 3. The molecule has 7 nitrogen and oxygen atoms in total. The van der Waals surface area contributed by atoms with E-state index in [1.807, 2.05) is 65.6 Å². The molecule has 4 bridgehead atoms. The second kappa shape index (κ2) is 10.6. The van der Waals surface area contributed by atoms with Gasteiger partial charge >= 0.3 is 0 Å². The lowest BCUT2D eigenvalue weighted by atomic mass is 9.49. The van der Waals surface area contributed by atoms with E-state index in [0.29, 0.717) is 17.9 Å². The van der Waals surface area contributed by atoms with Crippen molar-refractivity contribution >= 4 is 11.8 Å². The number of ether oxygens (including phenoxy) is 1. The number of carbonyl (C=O) groups is 2. The molecule has 5 aliphatic carbocycles. The minimum Gasteiger partial charge on any atom is -0.486 e. The number of benzene rings is 2. The third-order valence-electron chi connectivity index (χ3n) is 10.4. The van der Waals surface area contributed by atoms with Gasteiger partial charge < -0.3 is 25.2 Å². The summed E-state index contributed by atoms with van der Waals surface area (Å²) in [7, 11) is 0. The molecule has 41 heavy (non-hydrogen) atoms. The molecule has 4 saturated carbocycles. The Morgan fingerprint density at radius 1 is 0.951 bits per heavy atom. The molecule has 0 unspecified atom stereocenters. The Hall–Kier alpha value is -3.16. The highest BCUT2D eigenvalue weighted by atomic mass is 16.5. The van der Waals surface area contributed by atoms with Crippen molar-refractivity contribution in [1.29, 1.82) is 0 Å². The highest BCUT2D eigenvalue weighted by Crippen LogP contribution is 2.60. The fourth-order valence-electron chi connectivity index (χ4n) is 9.27. The van der Waals surface area contributed by atoms with Crippen LogP contribution < -0.4 is 10.1 Å². The summed E-state index contributed by atoms with van der Waals surface area (Å²) in [4.78, 5) is 29.7. The second-order valence-corrected chi connectivity index (χ2v) is 13.3. The van der Waals surface area contributed by atoms with Crippen LogP contribution in [0, 0.1) is 23.2 Å². The van der Waals surface area contributed by atoms with E-state index in [-0.39, 0.29) is 36.8 Å². The Balaban J connectivity index is 1.27. The largest absolute Gasteiger partial charge is 0.486 e. The maximum Gasteiger partial charge on any atom is 0.247 e. The Kier molecular flexibility index (Phi) is 6.90. The van der Waals surface area contributed by atoms with E-state index in [1.54, 1.807) is 0 Å². The number of para-hydroxylation sites is 1. The van der Waals surface area contributed by atoms with Crippen molar-refractivity contribution < 1.29 is 24.5 Å². The minimum absolute atomic E-state index is 0.0312.